The number of hydrogen-bond acceptors (Lipinski definition) is 6. The highest BCUT2D eigenvalue weighted by Gasteiger charge is 2.12. The Hall–Kier alpha value is -3.02. The molecule has 1 heterocycles. The summed E-state index contributed by atoms with van der Waals surface area (Å²) < 4.78 is 15.9. The second-order valence-electron chi connectivity index (χ2n) is 4.84. The number of methoxy groups -OCH3 is 1. The van der Waals surface area contributed by atoms with Gasteiger partial charge in [-0.15, -0.1) is 0 Å². The van der Waals surface area contributed by atoms with Gasteiger partial charge in [0.2, 0.25) is 5.82 Å². The van der Waals surface area contributed by atoms with Gasteiger partial charge in [-0.1, -0.05) is 5.16 Å². The zero-order valence-electron chi connectivity index (χ0n) is 12.9. The Kier molecular flexibility index (Phi) is 4.14. The Morgan fingerprint density at radius 1 is 1.09 bits per heavy atom. The molecule has 0 spiro atoms. The van der Waals surface area contributed by atoms with Gasteiger partial charge in [-0.05, 0) is 49.4 Å². The Balaban J connectivity index is 1.86. The second kappa shape index (κ2) is 6.39. The number of ether oxygens (including phenoxy) is 2. The summed E-state index contributed by atoms with van der Waals surface area (Å²) in [6.07, 6.45) is 0. The molecule has 6 heteroatoms. The van der Waals surface area contributed by atoms with Crippen molar-refractivity contribution in [2.75, 3.05) is 19.5 Å². The van der Waals surface area contributed by atoms with E-state index in [0.717, 1.165) is 16.9 Å². The van der Waals surface area contributed by atoms with Crippen molar-refractivity contribution in [3.05, 3.63) is 42.5 Å². The predicted octanol–water partition coefficient (Wildman–Crippen LogP) is 3.39. The predicted molar refractivity (Wildman–Crippen MR) is 87.3 cm³/mol. The second-order valence-corrected chi connectivity index (χ2v) is 4.84. The van der Waals surface area contributed by atoms with Gasteiger partial charge in [0, 0.05) is 11.1 Å². The van der Waals surface area contributed by atoms with Crippen LogP contribution in [0, 0.1) is 0 Å². The van der Waals surface area contributed by atoms with Crippen LogP contribution in [0.25, 0.3) is 22.8 Å². The number of aromatic nitrogens is 2. The first-order chi connectivity index (χ1) is 11.2. The van der Waals surface area contributed by atoms with Crippen LogP contribution in [0.4, 0.5) is 5.69 Å². The zero-order chi connectivity index (χ0) is 16.2. The Morgan fingerprint density at radius 3 is 2.48 bits per heavy atom. The van der Waals surface area contributed by atoms with Crippen molar-refractivity contribution < 1.29 is 14.0 Å². The van der Waals surface area contributed by atoms with E-state index in [-0.39, 0.29) is 0 Å². The minimum Gasteiger partial charge on any atom is -0.495 e. The smallest absolute Gasteiger partial charge is 0.258 e. The van der Waals surface area contributed by atoms with Gasteiger partial charge in [0.05, 0.1) is 19.4 Å². The molecule has 23 heavy (non-hydrogen) atoms. The third-order valence-corrected chi connectivity index (χ3v) is 3.33. The molecule has 3 rings (SSSR count). The number of nitrogens with zero attached hydrogens (tertiary/aromatic N) is 2. The van der Waals surface area contributed by atoms with E-state index in [1.807, 2.05) is 37.3 Å². The van der Waals surface area contributed by atoms with Gasteiger partial charge in [-0.2, -0.15) is 4.98 Å². The van der Waals surface area contributed by atoms with Crippen LogP contribution in [0.5, 0.6) is 11.5 Å². The van der Waals surface area contributed by atoms with Crippen LogP contribution in [0.3, 0.4) is 0 Å². The molecule has 118 valence electrons. The van der Waals surface area contributed by atoms with Crippen molar-refractivity contribution in [3.8, 4) is 34.3 Å². The summed E-state index contributed by atoms with van der Waals surface area (Å²) in [5.41, 5.74) is 8.02. The van der Waals surface area contributed by atoms with E-state index in [2.05, 4.69) is 10.1 Å². The molecule has 0 aliphatic heterocycles. The fourth-order valence-electron chi connectivity index (χ4n) is 2.19. The van der Waals surface area contributed by atoms with E-state index < -0.39 is 0 Å². The highest BCUT2D eigenvalue weighted by Crippen LogP contribution is 2.29. The van der Waals surface area contributed by atoms with E-state index in [0.29, 0.717) is 29.8 Å². The first kappa shape index (κ1) is 14.9. The van der Waals surface area contributed by atoms with Crippen molar-refractivity contribution in [1.82, 2.24) is 10.1 Å². The number of anilines is 1. The molecule has 2 N–H and O–H groups in total. The van der Waals surface area contributed by atoms with E-state index in [1.165, 1.54) is 0 Å². The van der Waals surface area contributed by atoms with Crippen LogP contribution in [0.15, 0.2) is 47.0 Å². The summed E-state index contributed by atoms with van der Waals surface area (Å²) in [4.78, 5) is 4.41. The molecule has 0 fully saturated rings. The molecular formula is C17H17N3O3. The van der Waals surface area contributed by atoms with Gasteiger partial charge in [0.25, 0.3) is 5.89 Å². The van der Waals surface area contributed by atoms with Crippen molar-refractivity contribution in [2.24, 2.45) is 0 Å². The molecule has 6 nitrogen and oxygen atoms in total. The van der Waals surface area contributed by atoms with Crippen molar-refractivity contribution in [3.63, 3.8) is 0 Å². The fraction of sp³-hybridized carbons (Fsp3) is 0.176. The van der Waals surface area contributed by atoms with E-state index in [4.69, 9.17) is 19.7 Å². The zero-order valence-corrected chi connectivity index (χ0v) is 12.9. The maximum absolute atomic E-state index is 5.90. The minimum atomic E-state index is 0.406. The maximum atomic E-state index is 5.90. The molecule has 0 saturated carbocycles. The minimum absolute atomic E-state index is 0.406. The van der Waals surface area contributed by atoms with Gasteiger partial charge < -0.3 is 19.7 Å². The van der Waals surface area contributed by atoms with Crippen LogP contribution in [-0.2, 0) is 0 Å². The topological polar surface area (TPSA) is 83.4 Å². The lowest BCUT2D eigenvalue weighted by atomic mass is 10.2. The summed E-state index contributed by atoms with van der Waals surface area (Å²) in [6.45, 7) is 2.57. The SMILES string of the molecule is CCOc1ccc(-c2noc(-c3ccc(OC)c(N)c3)n2)cc1. The number of hydrogen-bond donors (Lipinski definition) is 1. The maximum Gasteiger partial charge on any atom is 0.258 e. The summed E-state index contributed by atoms with van der Waals surface area (Å²) in [5.74, 6) is 2.34. The van der Waals surface area contributed by atoms with Gasteiger partial charge in [0.15, 0.2) is 0 Å². The molecule has 0 aliphatic carbocycles. The molecule has 3 aromatic rings. The van der Waals surface area contributed by atoms with Crippen LogP contribution in [0.1, 0.15) is 6.92 Å². The Bertz CT molecular complexity index is 797. The number of benzene rings is 2. The quantitative estimate of drug-likeness (QED) is 0.727. The highest BCUT2D eigenvalue weighted by atomic mass is 16.5. The van der Waals surface area contributed by atoms with Crippen molar-refractivity contribution in [1.29, 1.82) is 0 Å². The first-order valence-electron chi connectivity index (χ1n) is 7.22. The van der Waals surface area contributed by atoms with E-state index in [9.17, 15) is 0 Å². The van der Waals surface area contributed by atoms with Gasteiger partial charge in [0.1, 0.15) is 11.5 Å². The van der Waals surface area contributed by atoms with E-state index in [1.54, 1.807) is 19.2 Å². The summed E-state index contributed by atoms with van der Waals surface area (Å²) in [5, 5.41) is 4.01. The summed E-state index contributed by atoms with van der Waals surface area (Å²) in [6, 6.07) is 12.9. The fourth-order valence-corrected chi connectivity index (χ4v) is 2.19. The lowest BCUT2D eigenvalue weighted by molar-refractivity contribution is 0.340. The average Bonchev–Trinajstić information content (AvgIpc) is 3.06. The lowest BCUT2D eigenvalue weighted by Crippen LogP contribution is -1.92. The normalized spacial score (nSPS) is 10.5. The molecule has 1 aromatic heterocycles. The third-order valence-electron chi connectivity index (χ3n) is 3.33. The van der Waals surface area contributed by atoms with E-state index >= 15 is 0 Å². The molecule has 0 radical (unpaired) electrons. The van der Waals surface area contributed by atoms with Crippen LogP contribution >= 0.6 is 0 Å². The van der Waals surface area contributed by atoms with Crippen LogP contribution in [-0.4, -0.2) is 23.9 Å². The third kappa shape index (κ3) is 3.11. The Morgan fingerprint density at radius 2 is 1.83 bits per heavy atom. The molecule has 0 bridgehead atoms. The monoisotopic (exact) mass is 311 g/mol. The molecular weight excluding hydrogens is 294 g/mol. The number of nitrogen functional groups attached to an aromatic ring is 1. The highest BCUT2D eigenvalue weighted by molar-refractivity contribution is 5.67. The molecule has 0 atom stereocenters. The number of nitrogens with two attached hydrogens (primary N) is 1. The Labute approximate surface area is 133 Å². The molecule has 0 unspecified atom stereocenters. The molecule has 0 aliphatic rings. The van der Waals surface area contributed by atoms with Crippen molar-refractivity contribution >= 4 is 5.69 Å². The largest absolute Gasteiger partial charge is 0.495 e. The number of rotatable bonds is 5. The summed E-state index contributed by atoms with van der Waals surface area (Å²) in [7, 11) is 1.57. The first-order valence-corrected chi connectivity index (χ1v) is 7.22. The van der Waals surface area contributed by atoms with Crippen molar-refractivity contribution in [2.45, 2.75) is 6.92 Å². The van der Waals surface area contributed by atoms with Crippen LogP contribution < -0.4 is 15.2 Å². The van der Waals surface area contributed by atoms with Gasteiger partial charge in [-0.3, -0.25) is 0 Å². The lowest BCUT2D eigenvalue weighted by Gasteiger charge is -2.04. The van der Waals surface area contributed by atoms with Gasteiger partial charge >= 0.3 is 0 Å². The molecule has 0 amide bonds. The molecule has 2 aromatic carbocycles. The standard InChI is InChI=1S/C17H17N3O3/c1-3-22-13-7-4-11(5-8-13)16-19-17(23-20-16)12-6-9-15(21-2)14(18)10-12/h4-10H,3,18H2,1-2H3. The summed E-state index contributed by atoms with van der Waals surface area (Å²) >= 11 is 0. The van der Waals surface area contributed by atoms with Crippen LogP contribution in [0.2, 0.25) is 0 Å². The molecule has 0 saturated heterocycles. The van der Waals surface area contributed by atoms with Gasteiger partial charge in [-0.25, -0.2) is 0 Å². The average molecular weight is 311 g/mol.